The van der Waals surface area contributed by atoms with E-state index < -0.39 is 11.7 Å². The molecular formula is C24H36O5. The predicted molar refractivity (Wildman–Crippen MR) is 109 cm³/mol. The molecule has 162 valence electrons. The van der Waals surface area contributed by atoms with Crippen molar-refractivity contribution in [1.29, 1.82) is 0 Å². The van der Waals surface area contributed by atoms with Crippen molar-refractivity contribution in [3.63, 3.8) is 0 Å². The monoisotopic (exact) mass is 404 g/mol. The molecule has 0 saturated heterocycles. The number of rotatable bonds is 6. The van der Waals surface area contributed by atoms with E-state index in [0.29, 0.717) is 23.8 Å². The second-order valence-electron chi connectivity index (χ2n) is 10.7. The van der Waals surface area contributed by atoms with Crippen LogP contribution in [0, 0.1) is 11.8 Å². The quantitative estimate of drug-likeness (QED) is 0.467. The van der Waals surface area contributed by atoms with E-state index in [2.05, 4.69) is 6.58 Å². The van der Waals surface area contributed by atoms with Crippen LogP contribution >= 0.6 is 0 Å². The first-order chi connectivity index (χ1) is 13.6. The van der Waals surface area contributed by atoms with Crippen LogP contribution in [0.25, 0.3) is 0 Å². The Labute approximate surface area is 174 Å². The van der Waals surface area contributed by atoms with Crippen LogP contribution in [0.1, 0.15) is 91.4 Å². The highest BCUT2D eigenvalue weighted by Crippen LogP contribution is 2.60. The highest BCUT2D eigenvalue weighted by Gasteiger charge is 2.61. The van der Waals surface area contributed by atoms with Gasteiger partial charge in [-0.3, -0.25) is 0 Å². The van der Waals surface area contributed by atoms with Crippen LogP contribution in [0.2, 0.25) is 0 Å². The Morgan fingerprint density at radius 1 is 0.966 bits per heavy atom. The van der Waals surface area contributed by atoms with Gasteiger partial charge in [-0.25, -0.2) is 9.59 Å². The fraction of sp³-hybridized carbons (Fsp3) is 0.833. The van der Waals surface area contributed by atoms with Gasteiger partial charge in [-0.05, 0) is 90.4 Å². The minimum Gasteiger partial charge on any atom is -0.457 e. The molecule has 29 heavy (non-hydrogen) atoms. The van der Waals surface area contributed by atoms with E-state index in [1.54, 1.807) is 6.92 Å². The van der Waals surface area contributed by atoms with E-state index in [9.17, 15) is 9.59 Å². The molecule has 0 aromatic rings. The van der Waals surface area contributed by atoms with Gasteiger partial charge in [-0.1, -0.05) is 13.0 Å². The average molecular weight is 405 g/mol. The molecule has 0 aromatic carbocycles. The second-order valence-corrected chi connectivity index (χ2v) is 10.7. The van der Waals surface area contributed by atoms with Crippen LogP contribution in [0.5, 0.6) is 0 Å². The lowest BCUT2D eigenvalue weighted by Crippen LogP contribution is -2.62. The number of esters is 2. The van der Waals surface area contributed by atoms with Gasteiger partial charge in [0.05, 0.1) is 5.60 Å². The molecule has 5 aliphatic carbocycles. The maximum Gasteiger partial charge on any atom is 0.335 e. The molecule has 0 aliphatic heterocycles. The van der Waals surface area contributed by atoms with Crippen LogP contribution in [-0.4, -0.2) is 34.8 Å². The van der Waals surface area contributed by atoms with E-state index in [1.165, 1.54) is 12.8 Å². The molecule has 3 unspecified atom stereocenters. The van der Waals surface area contributed by atoms with Crippen LogP contribution in [0.4, 0.5) is 0 Å². The van der Waals surface area contributed by atoms with Gasteiger partial charge in [0.25, 0.3) is 0 Å². The molecule has 5 fully saturated rings. The molecule has 0 radical (unpaired) electrons. The smallest absolute Gasteiger partial charge is 0.335 e. The van der Waals surface area contributed by atoms with Crippen molar-refractivity contribution in [2.75, 3.05) is 0 Å². The van der Waals surface area contributed by atoms with Gasteiger partial charge in [0, 0.05) is 12.0 Å². The zero-order chi connectivity index (χ0) is 20.9. The summed E-state index contributed by atoms with van der Waals surface area (Å²) in [6.45, 7) is 9.30. The third-order valence-electron chi connectivity index (χ3n) is 7.63. The molecule has 5 aliphatic rings. The summed E-state index contributed by atoms with van der Waals surface area (Å²) in [6.07, 6.45) is 10.3. The summed E-state index contributed by atoms with van der Waals surface area (Å²) in [6, 6.07) is 0. The third-order valence-corrected chi connectivity index (χ3v) is 7.63. The van der Waals surface area contributed by atoms with Crippen molar-refractivity contribution in [2.45, 2.75) is 114 Å². The Balaban J connectivity index is 1.44. The minimum absolute atomic E-state index is 0.252. The Morgan fingerprint density at radius 3 is 2.14 bits per heavy atom. The molecule has 4 bridgehead atoms. The van der Waals surface area contributed by atoms with E-state index in [4.69, 9.17) is 14.2 Å². The molecule has 0 aromatic heterocycles. The summed E-state index contributed by atoms with van der Waals surface area (Å²) in [5, 5.41) is 0. The summed E-state index contributed by atoms with van der Waals surface area (Å²) in [5.41, 5.74) is -0.759. The molecule has 0 spiro atoms. The fourth-order valence-corrected chi connectivity index (χ4v) is 6.79. The first-order valence-electron chi connectivity index (χ1n) is 11.4. The number of carbonyl (C=O) groups is 2. The summed E-state index contributed by atoms with van der Waals surface area (Å²) < 4.78 is 18.4. The first-order valence-corrected chi connectivity index (χ1v) is 11.4. The van der Waals surface area contributed by atoms with Gasteiger partial charge in [-0.15, -0.1) is 0 Å². The molecule has 0 N–H and O–H groups in total. The summed E-state index contributed by atoms with van der Waals surface area (Å²) in [7, 11) is 0. The zero-order valence-corrected chi connectivity index (χ0v) is 18.3. The molecule has 0 heterocycles. The fourth-order valence-electron chi connectivity index (χ4n) is 6.79. The maximum atomic E-state index is 12.8. The van der Waals surface area contributed by atoms with Crippen LogP contribution in [-0.2, 0) is 23.8 Å². The lowest BCUT2D eigenvalue weighted by molar-refractivity contribution is -0.247. The van der Waals surface area contributed by atoms with E-state index in [-0.39, 0.29) is 23.1 Å². The standard InChI is InChI=1S/C24H36O5/c1-16(2)20(25)29-24-13-18-10-19(14-24)12-23(11-18,15-24)27-17(3)21(26)28-22(4)8-6-5-7-9-22/h17-19H,1,5-15H2,2-4H3. The predicted octanol–water partition coefficient (Wildman–Crippen LogP) is 4.87. The van der Waals surface area contributed by atoms with Crippen LogP contribution in [0.15, 0.2) is 12.2 Å². The third kappa shape index (κ3) is 4.26. The highest BCUT2D eigenvalue weighted by atomic mass is 16.6. The second kappa shape index (κ2) is 7.40. The van der Waals surface area contributed by atoms with Gasteiger partial charge in [0.1, 0.15) is 11.2 Å². The van der Waals surface area contributed by atoms with Crippen LogP contribution in [0.3, 0.4) is 0 Å². The minimum atomic E-state index is -0.598. The van der Waals surface area contributed by atoms with E-state index in [0.717, 1.165) is 51.4 Å². The Kier molecular flexibility index (Phi) is 5.33. The molecular weight excluding hydrogens is 368 g/mol. The summed E-state index contributed by atoms with van der Waals surface area (Å²) in [5.74, 6) is 0.430. The van der Waals surface area contributed by atoms with Crippen molar-refractivity contribution in [1.82, 2.24) is 0 Å². The summed E-state index contributed by atoms with van der Waals surface area (Å²) in [4.78, 5) is 25.1. The molecule has 5 saturated carbocycles. The molecule has 5 heteroatoms. The van der Waals surface area contributed by atoms with Gasteiger partial charge in [0.15, 0.2) is 6.10 Å². The van der Waals surface area contributed by atoms with E-state index in [1.807, 2.05) is 13.8 Å². The normalized spacial score (nSPS) is 38.3. The van der Waals surface area contributed by atoms with Gasteiger partial charge < -0.3 is 14.2 Å². The number of hydrogen-bond acceptors (Lipinski definition) is 5. The van der Waals surface area contributed by atoms with Crippen molar-refractivity contribution < 1.29 is 23.8 Å². The Bertz CT molecular complexity index is 675. The van der Waals surface area contributed by atoms with Crippen molar-refractivity contribution >= 4 is 11.9 Å². The van der Waals surface area contributed by atoms with Crippen LogP contribution < -0.4 is 0 Å². The van der Waals surface area contributed by atoms with E-state index >= 15 is 0 Å². The first kappa shape index (κ1) is 20.9. The number of carbonyl (C=O) groups excluding carboxylic acids is 2. The molecule has 3 atom stereocenters. The zero-order valence-electron chi connectivity index (χ0n) is 18.3. The highest BCUT2D eigenvalue weighted by molar-refractivity contribution is 5.87. The number of ether oxygens (including phenoxy) is 3. The van der Waals surface area contributed by atoms with Gasteiger partial charge in [-0.2, -0.15) is 0 Å². The Hall–Kier alpha value is -1.36. The lowest BCUT2D eigenvalue weighted by atomic mass is 9.52. The number of hydrogen-bond donors (Lipinski definition) is 0. The lowest BCUT2D eigenvalue weighted by Gasteiger charge is -2.61. The van der Waals surface area contributed by atoms with Crippen molar-refractivity contribution in [3.8, 4) is 0 Å². The van der Waals surface area contributed by atoms with Crippen molar-refractivity contribution in [2.24, 2.45) is 11.8 Å². The molecule has 5 rings (SSSR count). The van der Waals surface area contributed by atoms with Gasteiger partial charge >= 0.3 is 11.9 Å². The summed E-state index contributed by atoms with van der Waals surface area (Å²) >= 11 is 0. The average Bonchev–Trinajstić information content (AvgIpc) is 2.59. The maximum absolute atomic E-state index is 12.8. The SMILES string of the molecule is C=C(C)C(=O)OC12CC3CC(C1)CC(OC(C)C(=O)OC1(C)CCCCC1)(C3)C2. The Morgan fingerprint density at radius 2 is 1.55 bits per heavy atom. The van der Waals surface area contributed by atoms with Crippen molar-refractivity contribution in [3.05, 3.63) is 12.2 Å². The van der Waals surface area contributed by atoms with Gasteiger partial charge in [0.2, 0.25) is 0 Å². The largest absolute Gasteiger partial charge is 0.457 e. The molecule has 0 amide bonds. The topological polar surface area (TPSA) is 61.8 Å². The molecule has 5 nitrogen and oxygen atoms in total.